The van der Waals surface area contributed by atoms with E-state index in [2.05, 4.69) is 15.8 Å². The quantitative estimate of drug-likeness (QED) is 0.805. The molecule has 1 unspecified atom stereocenters. The van der Waals surface area contributed by atoms with E-state index in [1.165, 1.54) is 5.56 Å². The third-order valence-electron chi connectivity index (χ3n) is 4.32. The van der Waals surface area contributed by atoms with E-state index in [0.717, 1.165) is 23.8 Å². The molecule has 1 aliphatic rings. The number of rotatable bonds is 3. The molecule has 0 saturated heterocycles. The number of nitrogens with one attached hydrogen (secondary N) is 1. The van der Waals surface area contributed by atoms with E-state index in [9.17, 15) is 8.42 Å². The fourth-order valence-corrected chi connectivity index (χ4v) is 4.65. The first-order valence-corrected chi connectivity index (χ1v) is 9.07. The Balaban J connectivity index is 1.74. The molecule has 1 aromatic heterocycles. The first kappa shape index (κ1) is 14.4. The van der Waals surface area contributed by atoms with Crippen LogP contribution in [0.3, 0.4) is 0 Å². The lowest BCUT2D eigenvalue weighted by Gasteiger charge is -2.15. The Kier molecular flexibility index (Phi) is 3.39. The molecule has 5 heteroatoms. The molecule has 2 aromatic carbocycles. The Morgan fingerprint density at radius 1 is 1.00 bits per heavy atom. The molecule has 0 radical (unpaired) electrons. The summed E-state index contributed by atoms with van der Waals surface area (Å²) in [6.07, 6.45) is 3.31. The van der Waals surface area contributed by atoms with E-state index >= 15 is 0 Å². The Morgan fingerprint density at radius 3 is 2.74 bits per heavy atom. The van der Waals surface area contributed by atoms with Gasteiger partial charge in [0.1, 0.15) is 4.90 Å². The number of benzene rings is 2. The predicted octanol–water partition coefficient (Wildman–Crippen LogP) is 3.20. The zero-order valence-electron chi connectivity index (χ0n) is 12.4. The van der Waals surface area contributed by atoms with Crippen molar-refractivity contribution in [3.63, 3.8) is 0 Å². The van der Waals surface area contributed by atoms with Crippen molar-refractivity contribution in [3.8, 4) is 0 Å². The summed E-state index contributed by atoms with van der Waals surface area (Å²) < 4.78 is 28.6. The van der Waals surface area contributed by atoms with Crippen LogP contribution in [0.15, 0.2) is 65.7 Å². The molecule has 0 spiro atoms. The molecule has 1 heterocycles. The Morgan fingerprint density at radius 2 is 1.83 bits per heavy atom. The van der Waals surface area contributed by atoms with Crippen molar-refractivity contribution >= 4 is 20.9 Å². The highest BCUT2D eigenvalue weighted by atomic mass is 32.2. The van der Waals surface area contributed by atoms with Gasteiger partial charge >= 0.3 is 0 Å². The Bertz CT molecular complexity index is 978. The number of fused-ring (bicyclic) bond motifs is 2. The third kappa shape index (κ3) is 2.52. The SMILES string of the molecule is O=S(=O)(NC1CCc2ccccc21)c1cccc2cccnc12. The highest BCUT2D eigenvalue weighted by molar-refractivity contribution is 7.89. The van der Waals surface area contributed by atoms with Gasteiger partial charge in [-0.1, -0.05) is 42.5 Å². The second-order valence-electron chi connectivity index (χ2n) is 5.74. The molecule has 0 fully saturated rings. The molecule has 4 rings (SSSR count). The summed E-state index contributed by atoms with van der Waals surface area (Å²) in [6.45, 7) is 0. The van der Waals surface area contributed by atoms with Gasteiger partial charge in [-0.25, -0.2) is 13.1 Å². The van der Waals surface area contributed by atoms with Crippen LogP contribution in [-0.4, -0.2) is 13.4 Å². The Hall–Kier alpha value is -2.24. The third-order valence-corrected chi connectivity index (χ3v) is 5.82. The number of nitrogens with zero attached hydrogens (tertiary/aromatic N) is 1. The molecular weight excluding hydrogens is 308 g/mol. The lowest BCUT2D eigenvalue weighted by Crippen LogP contribution is -2.27. The summed E-state index contributed by atoms with van der Waals surface area (Å²) in [5.74, 6) is 0. The van der Waals surface area contributed by atoms with E-state index < -0.39 is 10.0 Å². The maximum absolute atomic E-state index is 12.9. The molecule has 0 amide bonds. The summed E-state index contributed by atoms with van der Waals surface area (Å²) in [4.78, 5) is 4.48. The van der Waals surface area contributed by atoms with Gasteiger partial charge in [-0.2, -0.15) is 0 Å². The van der Waals surface area contributed by atoms with Gasteiger partial charge in [-0.3, -0.25) is 4.98 Å². The molecule has 0 bridgehead atoms. The van der Waals surface area contributed by atoms with Crippen molar-refractivity contribution in [1.29, 1.82) is 0 Å². The van der Waals surface area contributed by atoms with E-state index in [-0.39, 0.29) is 10.9 Å². The molecule has 1 atom stereocenters. The number of para-hydroxylation sites is 1. The van der Waals surface area contributed by atoms with Crippen LogP contribution in [0, 0.1) is 0 Å². The van der Waals surface area contributed by atoms with Gasteiger partial charge in [0, 0.05) is 17.6 Å². The first-order valence-electron chi connectivity index (χ1n) is 7.59. The number of pyridine rings is 1. The molecule has 3 aromatic rings. The number of aromatic nitrogens is 1. The van der Waals surface area contributed by atoms with Crippen LogP contribution < -0.4 is 4.72 Å². The minimum absolute atomic E-state index is 0.171. The molecule has 1 aliphatic carbocycles. The molecular formula is C18H16N2O2S. The summed E-state index contributed by atoms with van der Waals surface area (Å²) in [7, 11) is -3.63. The maximum Gasteiger partial charge on any atom is 0.243 e. The molecule has 0 aliphatic heterocycles. The second-order valence-corrected chi connectivity index (χ2v) is 7.43. The van der Waals surface area contributed by atoms with Crippen LogP contribution >= 0.6 is 0 Å². The van der Waals surface area contributed by atoms with Crippen molar-refractivity contribution in [1.82, 2.24) is 9.71 Å². The predicted molar refractivity (Wildman–Crippen MR) is 89.6 cm³/mol. The van der Waals surface area contributed by atoms with Gasteiger partial charge in [0.15, 0.2) is 0 Å². The smallest absolute Gasteiger partial charge is 0.243 e. The summed E-state index contributed by atoms with van der Waals surface area (Å²) >= 11 is 0. The van der Waals surface area contributed by atoms with Crippen LogP contribution in [0.4, 0.5) is 0 Å². The fourth-order valence-electron chi connectivity index (χ4n) is 3.22. The van der Waals surface area contributed by atoms with Gasteiger partial charge in [-0.05, 0) is 36.1 Å². The van der Waals surface area contributed by atoms with Crippen LogP contribution in [0.1, 0.15) is 23.6 Å². The average molecular weight is 324 g/mol. The van der Waals surface area contributed by atoms with E-state index in [0.29, 0.717) is 5.52 Å². The van der Waals surface area contributed by atoms with E-state index in [1.807, 2.05) is 30.3 Å². The number of hydrogen-bond acceptors (Lipinski definition) is 3. The maximum atomic E-state index is 12.9. The van der Waals surface area contributed by atoms with Crippen molar-refractivity contribution in [3.05, 3.63) is 71.9 Å². The standard InChI is InChI=1S/C18H16N2O2S/c21-23(22,17-9-3-6-14-7-4-12-19-18(14)17)20-16-11-10-13-5-1-2-8-15(13)16/h1-9,12,16,20H,10-11H2. The van der Waals surface area contributed by atoms with Gasteiger partial charge in [-0.15, -0.1) is 0 Å². The molecule has 23 heavy (non-hydrogen) atoms. The zero-order chi connectivity index (χ0) is 15.9. The molecule has 1 N–H and O–H groups in total. The number of aryl methyl sites for hydroxylation is 1. The summed E-state index contributed by atoms with van der Waals surface area (Å²) in [6, 6.07) is 16.7. The summed E-state index contributed by atoms with van der Waals surface area (Å²) in [5.41, 5.74) is 2.80. The highest BCUT2D eigenvalue weighted by Gasteiger charge is 2.28. The zero-order valence-corrected chi connectivity index (χ0v) is 13.3. The summed E-state index contributed by atoms with van der Waals surface area (Å²) in [5, 5.41) is 0.821. The van der Waals surface area contributed by atoms with Crippen LogP contribution in [-0.2, 0) is 16.4 Å². The van der Waals surface area contributed by atoms with E-state index in [4.69, 9.17) is 0 Å². The highest BCUT2D eigenvalue weighted by Crippen LogP contribution is 2.32. The molecule has 116 valence electrons. The normalized spacial score (nSPS) is 17.3. The van der Waals surface area contributed by atoms with Crippen molar-refractivity contribution in [2.45, 2.75) is 23.8 Å². The lowest BCUT2D eigenvalue weighted by molar-refractivity contribution is 0.555. The average Bonchev–Trinajstić information content (AvgIpc) is 2.97. The van der Waals surface area contributed by atoms with Gasteiger partial charge in [0.25, 0.3) is 0 Å². The minimum Gasteiger partial charge on any atom is -0.255 e. The minimum atomic E-state index is -3.63. The van der Waals surface area contributed by atoms with E-state index in [1.54, 1.807) is 24.4 Å². The first-order chi connectivity index (χ1) is 11.1. The van der Waals surface area contributed by atoms with Crippen LogP contribution in [0.2, 0.25) is 0 Å². The number of hydrogen-bond donors (Lipinski definition) is 1. The van der Waals surface area contributed by atoms with Crippen molar-refractivity contribution in [2.75, 3.05) is 0 Å². The van der Waals surface area contributed by atoms with Crippen molar-refractivity contribution < 1.29 is 8.42 Å². The van der Waals surface area contributed by atoms with Gasteiger partial charge in [0.2, 0.25) is 10.0 Å². The largest absolute Gasteiger partial charge is 0.255 e. The Labute approximate surface area is 135 Å². The lowest BCUT2D eigenvalue weighted by atomic mass is 10.1. The topological polar surface area (TPSA) is 59.1 Å². The second kappa shape index (κ2) is 5.44. The van der Waals surface area contributed by atoms with Crippen LogP contribution in [0.5, 0.6) is 0 Å². The monoisotopic (exact) mass is 324 g/mol. The van der Waals surface area contributed by atoms with Gasteiger partial charge in [0.05, 0.1) is 5.52 Å². The fraction of sp³-hybridized carbons (Fsp3) is 0.167. The number of sulfonamides is 1. The van der Waals surface area contributed by atoms with Gasteiger partial charge < -0.3 is 0 Å². The van der Waals surface area contributed by atoms with Crippen LogP contribution in [0.25, 0.3) is 10.9 Å². The molecule has 4 nitrogen and oxygen atoms in total. The van der Waals surface area contributed by atoms with Crippen molar-refractivity contribution in [2.24, 2.45) is 0 Å². The molecule has 0 saturated carbocycles.